The summed E-state index contributed by atoms with van der Waals surface area (Å²) in [7, 11) is 0. The topological polar surface area (TPSA) is 0 Å². The molecule has 0 heteroatoms. The highest BCUT2D eigenvalue weighted by molar-refractivity contribution is 5.77. The van der Waals surface area contributed by atoms with Crippen LogP contribution >= 0.6 is 0 Å². The molecule has 7 rings (SSSR count). The second kappa shape index (κ2) is 12.7. The summed E-state index contributed by atoms with van der Waals surface area (Å²) >= 11 is 0. The van der Waals surface area contributed by atoms with E-state index in [0.717, 1.165) is 24.8 Å². The number of rotatable bonds is 3. The van der Waals surface area contributed by atoms with E-state index in [1.54, 1.807) is 0 Å². The fourth-order valence-electron chi connectivity index (χ4n) is 10.3. The quantitative estimate of drug-likeness (QED) is 0.283. The van der Waals surface area contributed by atoms with E-state index in [2.05, 4.69) is 71.0 Å². The minimum atomic E-state index is -1.11. The van der Waals surface area contributed by atoms with E-state index < -0.39 is 10.8 Å². The SMILES string of the molecule is C#Cc1cc(C23CC4CC(CC(C4)C2(c2cc(C#C)c(C#C)c(C#C)c2C#C)c2cc(C#C)c(C#C)c(C#C)c2C#C)C3)c(C#C)c(C#C)c1C#C. The van der Waals surface area contributed by atoms with Crippen LogP contribution in [0.5, 0.6) is 0 Å². The Kier molecular flexibility index (Phi) is 8.35. The Morgan fingerprint density at radius 3 is 0.981 bits per heavy atom. The van der Waals surface area contributed by atoms with Crippen molar-refractivity contribution in [1.29, 1.82) is 0 Å². The smallest absolute Gasteiger partial charge is 0.0571 e. The zero-order chi connectivity index (χ0) is 37.5. The van der Waals surface area contributed by atoms with E-state index in [4.69, 9.17) is 77.1 Å². The summed E-state index contributed by atoms with van der Waals surface area (Å²) in [4.78, 5) is 0. The van der Waals surface area contributed by atoms with Gasteiger partial charge in [-0.05, 0) is 84.7 Å². The third-order valence-electron chi connectivity index (χ3n) is 11.7. The van der Waals surface area contributed by atoms with E-state index in [1.165, 1.54) is 0 Å². The van der Waals surface area contributed by atoms with Crippen molar-refractivity contribution in [3.63, 3.8) is 0 Å². The predicted octanol–water partition coefficient (Wildman–Crippen LogP) is 6.53. The van der Waals surface area contributed by atoms with Gasteiger partial charge in [-0.15, -0.1) is 77.1 Å². The second-order valence-corrected chi connectivity index (χ2v) is 13.5. The average Bonchev–Trinajstić information content (AvgIpc) is 3.17. The Hall–Kier alpha value is -7.62. The molecule has 4 fully saturated rings. The van der Waals surface area contributed by atoms with Crippen molar-refractivity contribution < 1.29 is 0 Å². The zero-order valence-corrected chi connectivity index (χ0v) is 28.4. The summed E-state index contributed by atoms with van der Waals surface area (Å²) in [5.41, 5.74) is 4.72. The van der Waals surface area contributed by atoms with E-state index in [0.29, 0.717) is 103 Å². The van der Waals surface area contributed by atoms with Gasteiger partial charge >= 0.3 is 0 Å². The third kappa shape index (κ3) is 4.20. The van der Waals surface area contributed by atoms with Crippen LogP contribution in [0.1, 0.15) is 116 Å². The minimum absolute atomic E-state index is 0.0969. The first-order chi connectivity index (χ1) is 25.2. The first kappa shape index (κ1) is 34.3. The minimum Gasteiger partial charge on any atom is -0.115 e. The van der Waals surface area contributed by atoms with Crippen LogP contribution in [0.25, 0.3) is 0 Å². The van der Waals surface area contributed by atoms with Gasteiger partial charge in [0.15, 0.2) is 0 Å². The Morgan fingerprint density at radius 1 is 0.365 bits per heavy atom. The molecule has 2 atom stereocenters. The van der Waals surface area contributed by atoms with Crippen LogP contribution in [-0.4, -0.2) is 0 Å². The van der Waals surface area contributed by atoms with Crippen molar-refractivity contribution in [2.45, 2.75) is 42.9 Å². The van der Waals surface area contributed by atoms with Crippen molar-refractivity contribution in [3.8, 4) is 148 Å². The highest BCUT2D eigenvalue weighted by Gasteiger charge is 2.69. The third-order valence-corrected chi connectivity index (χ3v) is 11.7. The molecule has 0 radical (unpaired) electrons. The van der Waals surface area contributed by atoms with E-state index in [1.807, 2.05) is 18.2 Å². The number of terminal acetylenes is 12. The first-order valence-electron chi connectivity index (χ1n) is 16.5. The highest BCUT2D eigenvalue weighted by Crippen LogP contribution is 2.73. The van der Waals surface area contributed by atoms with Gasteiger partial charge in [-0.2, -0.15) is 0 Å². The second-order valence-electron chi connectivity index (χ2n) is 13.5. The predicted molar refractivity (Wildman–Crippen MR) is 211 cm³/mol. The van der Waals surface area contributed by atoms with Gasteiger partial charge < -0.3 is 0 Å². The molecule has 0 spiro atoms. The standard InChI is InChI=1S/C52H28/c1-13-35-28-48(45(22-10)42(19-7)39(35)16-4)51-31-33-25-34(32-51)27-38(26-33)52(51,49-29-36(14-2)40(17-5)43(20-8)46(49)23-11)50-30-37(15-3)41(18-6)44(21-9)47(50)24-12/h1-12,28-30,33-34,38H,25-27,31-32H2. The molecule has 0 saturated heterocycles. The first-order valence-corrected chi connectivity index (χ1v) is 16.5. The molecule has 4 saturated carbocycles. The molecule has 3 aromatic carbocycles. The summed E-state index contributed by atoms with van der Waals surface area (Å²) in [5, 5.41) is 0. The van der Waals surface area contributed by atoms with Gasteiger partial charge in [0.1, 0.15) is 0 Å². The molecule has 4 bridgehead atoms. The van der Waals surface area contributed by atoms with Crippen LogP contribution in [0.4, 0.5) is 0 Å². The van der Waals surface area contributed by atoms with Crippen LogP contribution in [0, 0.1) is 166 Å². The van der Waals surface area contributed by atoms with Gasteiger partial charge in [0.25, 0.3) is 0 Å². The molecule has 0 amide bonds. The Labute approximate surface area is 309 Å². The molecular formula is C52H28. The van der Waals surface area contributed by atoms with Gasteiger partial charge in [0.2, 0.25) is 0 Å². The molecule has 4 aliphatic rings. The molecule has 3 aromatic rings. The Morgan fingerprint density at radius 2 is 0.673 bits per heavy atom. The van der Waals surface area contributed by atoms with Gasteiger partial charge in [-0.3, -0.25) is 0 Å². The molecule has 4 aliphatic carbocycles. The maximum Gasteiger partial charge on any atom is 0.0571 e. The normalized spacial score (nSPS) is 20.9. The molecular weight excluding hydrogens is 625 g/mol. The molecule has 0 aromatic heterocycles. The van der Waals surface area contributed by atoms with Gasteiger partial charge in [-0.25, -0.2) is 0 Å². The van der Waals surface area contributed by atoms with Crippen molar-refractivity contribution >= 4 is 0 Å². The molecule has 236 valence electrons. The van der Waals surface area contributed by atoms with E-state index in [9.17, 15) is 0 Å². The van der Waals surface area contributed by atoms with Crippen LogP contribution in [-0.2, 0) is 10.8 Å². The van der Waals surface area contributed by atoms with Crippen LogP contribution in [0.2, 0.25) is 0 Å². The van der Waals surface area contributed by atoms with Crippen molar-refractivity contribution in [2.75, 3.05) is 0 Å². The fraction of sp³-hybridized carbons (Fsp3) is 0.192. The lowest BCUT2D eigenvalue weighted by molar-refractivity contribution is -0.0675. The monoisotopic (exact) mass is 652 g/mol. The summed E-state index contributed by atoms with van der Waals surface area (Å²) in [6.07, 6.45) is 78.6. The average molecular weight is 653 g/mol. The number of benzene rings is 3. The summed E-state index contributed by atoms with van der Waals surface area (Å²) in [6, 6.07) is 5.68. The lowest BCUT2D eigenvalue weighted by Crippen LogP contribution is -2.66. The Bertz CT molecular complexity index is 2570. The lowest BCUT2D eigenvalue weighted by atomic mass is 9.33. The molecule has 0 N–H and O–H groups in total. The van der Waals surface area contributed by atoms with Crippen molar-refractivity contribution in [3.05, 3.63) is 102 Å². The lowest BCUT2D eigenvalue weighted by Gasteiger charge is -2.69. The van der Waals surface area contributed by atoms with E-state index >= 15 is 0 Å². The van der Waals surface area contributed by atoms with E-state index in [-0.39, 0.29) is 5.92 Å². The van der Waals surface area contributed by atoms with Gasteiger partial charge in [-0.1, -0.05) is 71.0 Å². The molecule has 0 aliphatic heterocycles. The molecule has 0 nitrogen and oxygen atoms in total. The van der Waals surface area contributed by atoms with Crippen molar-refractivity contribution in [2.24, 2.45) is 17.8 Å². The fourth-order valence-corrected chi connectivity index (χ4v) is 10.3. The van der Waals surface area contributed by atoms with Crippen molar-refractivity contribution in [1.82, 2.24) is 0 Å². The molecule has 0 heterocycles. The Balaban J connectivity index is 2.02. The van der Waals surface area contributed by atoms with Crippen LogP contribution in [0.3, 0.4) is 0 Å². The summed E-state index contributed by atoms with van der Waals surface area (Å²) in [5.74, 6) is 34.0. The summed E-state index contributed by atoms with van der Waals surface area (Å²) in [6.45, 7) is 0. The number of hydrogen-bond donors (Lipinski definition) is 0. The van der Waals surface area contributed by atoms with Crippen LogP contribution < -0.4 is 0 Å². The highest BCUT2D eigenvalue weighted by atomic mass is 14.7. The molecule has 2 unspecified atom stereocenters. The largest absolute Gasteiger partial charge is 0.115 e. The van der Waals surface area contributed by atoms with Gasteiger partial charge in [0.05, 0.1) is 33.4 Å². The molecule has 52 heavy (non-hydrogen) atoms. The van der Waals surface area contributed by atoms with Crippen LogP contribution in [0.15, 0.2) is 18.2 Å². The number of hydrogen-bond acceptors (Lipinski definition) is 0. The maximum absolute atomic E-state index is 6.46. The van der Waals surface area contributed by atoms with Gasteiger partial charge in [0, 0.05) is 44.2 Å². The summed E-state index contributed by atoms with van der Waals surface area (Å²) < 4.78 is 0. The zero-order valence-electron chi connectivity index (χ0n) is 28.4. The maximum atomic E-state index is 6.46.